The first-order valence-electron chi connectivity index (χ1n) is 4.92. The third-order valence-corrected chi connectivity index (χ3v) is 5.61. The number of carbonyl (C=O) groups excluding carboxylic acids is 1. The molecule has 8 heteroatoms. The number of carbonyl (C=O) groups is 1. The van der Waals surface area contributed by atoms with Gasteiger partial charge in [-0.05, 0) is 47.5 Å². The van der Waals surface area contributed by atoms with Crippen LogP contribution in [0.4, 0.5) is 0 Å². The van der Waals surface area contributed by atoms with Gasteiger partial charge >= 0.3 is 0 Å². The number of aryl methyl sites for hydroxylation is 1. The van der Waals surface area contributed by atoms with Gasteiger partial charge in [0, 0.05) is 8.95 Å². The van der Waals surface area contributed by atoms with E-state index in [1.165, 1.54) is 13.0 Å². The molecule has 100 valence electrons. The van der Waals surface area contributed by atoms with Crippen LogP contribution < -0.4 is 10.5 Å². The highest BCUT2D eigenvalue weighted by molar-refractivity contribution is 9.11. The highest BCUT2D eigenvalue weighted by atomic mass is 79.9. The minimum Gasteiger partial charge on any atom is -0.368 e. The molecule has 0 saturated heterocycles. The first kappa shape index (κ1) is 15.6. The Hall–Kier alpha value is -0.440. The number of amides is 1. The number of rotatable bonds is 4. The summed E-state index contributed by atoms with van der Waals surface area (Å²) in [7, 11) is -3.80. The van der Waals surface area contributed by atoms with Crippen molar-refractivity contribution in [1.29, 1.82) is 0 Å². The molecule has 1 amide bonds. The number of nitrogens with two attached hydrogens (primary N) is 1. The first-order chi connectivity index (χ1) is 8.15. The molecule has 0 bridgehead atoms. The fourth-order valence-corrected chi connectivity index (χ4v) is 4.08. The van der Waals surface area contributed by atoms with E-state index in [9.17, 15) is 13.2 Å². The normalized spacial score (nSPS) is 13.3. The summed E-state index contributed by atoms with van der Waals surface area (Å²) < 4.78 is 27.4. The Morgan fingerprint density at radius 3 is 2.39 bits per heavy atom. The molecular weight excluding hydrogens is 388 g/mol. The lowest BCUT2D eigenvalue weighted by Crippen LogP contribution is -2.42. The van der Waals surface area contributed by atoms with Gasteiger partial charge in [-0.3, -0.25) is 4.79 Å². The molecule has 0 spiro atoms. The van der Waals surface area contributed by atoms with Crippen molar-refractivity contribution >= 4 is 47.8 Å². The zero-order valence-corrected chi connectivity index (χ0v) is 13.7. The van der Waals surface area contributed by atoms with Gasteiger partial charge in [-0.25, -0.2) is 8.42 Å². The van der Waals surface area contributed by atoms with Crippen LogP contribution >= 0.6 is 31.9 Å². The standard InChI is InChI=1S/C10H12Br2N2O3S/c1-5-3-8(12)9(4-7(5)11)18(16,17)14-6(2)10(13)15/h3-4,6,14H,1-2H3,(H2,13,15). The van der Waals surface area contributed by atoms with Crippen LogP contribution in [0.3, 0.4) is 0 Å². The monoisotopic (exact) mass is 398 g/mol. The number of sulfonamides is 1. The first-order valence-corrected chi connectivity index (χ1v) is 7.99. The zero-order valence-electron chi connectivity index (χ0n) is 9.70. The highest BCUT2D eigenvalue weighted by Crippen LogP contribution is 2.28. The topological polar surface area (TPSA) is 89.3 Å². The van der Waals surface area contributed by atoms with Gasteiger partial charge in [0.05, 0.1) is 10.9 Å². The van der Waals surface area contributed by atoms with E-state index in [1.807, 2.05) is 6.92 Å². The predicted molar refractivity (Wildman–Crippen MR) is 75.6 cm³/mol. The van der Waals surface area contributed by atoms with E-state index in [1.54, 1.807) is 6.07 Å². The minimum atomic E-state index is -3.80. The molecular formula is C10H12Br2N2O3S. The molecule has 1 aromatic carbocycles. The van der Waals surface area contributed by atoms with Gasteiger partial charge in [0.25, 0.3) is 0 Å². The van der Waals surface area contributed by atoms with Crippen molar-refractivity contribution in [3.63, 3.8) is 0 Å². The van der Waals surface area contributed by atoms with E-state index < -0.39 is 22.0 Å². The van der Waals surface area contributed by atoms with Gasteiger partial charge in [-0.1, -0.05) is 15.9 Å². The third kappa shape index (κ3) is 3.53. The molecule has 0 saturated carbocycles. The molecule has 0 radical (unpaired) electrons. The summed E-state index contributed by atoms with van der Waals surface area (Å²) in [5.41, 5.74) is 5.92. The molecule has 3 N–H and O–H groups in total. The average Bonchev–Trinajstić information content (AvgIpc) is 2.22. The maximum atomic E-state index is 12.1. The number of benzene rings is 1. The summed E-state index contributed by atoms with van der Waals surface area (Å²) in [6.45, 7) is 3.22. The third-order valence-electron chi connectivity index (χ3n) is 2.26. The van der Waals surface area contributed by atoms with E-state index in [0.29, 0.717) is 8.95 Å². The molecule has 0 heterocycles. The number of hydrogen-bond acceptors (Lipinski definition) is 3. The van der Waals surface area contributed by atoms with Gasteiger partial charge in [0.1, 0.15) is 0 Å². The van der Waals surface area contributed by atoms with Crippen LogP contribution in [0.1, 0.15) is 12.5 Å². The van der Waals surface area contributed by atoms with E-state index in [-0.39, 0.29) is 4.90 Å². The van der Waals surface area contributed by atoms with Crippen LogP contribution in [-0.2, 0) is 14.8 Å². The molecule has 5 nitrogen and oxygen atoms in total. The van der Waals surface area contributed by atoms with Crippen molar-refractivity contribution in [2.24, 2.45) is 5.73 Å². The fraction of sp³-hybridized carbons (Fsp3) is 0.300. The van der Waals surface area contributed by atoms with E-state index in [2.05, 4.69) is 36.6 Å². The van der Waals surface area contributed by atoms with Gasteiger partial charge in [-0.15, -0.1) is 0 Å². The second-order valence-corrected chi connectivity index (χ2v) is 7.17. The Kier molecular flexibility index (Phi) is 4.93. The molecule has 0 aliphatic heterocycles. The van der Waals surface area contributed by atoms with Gasteiger partial charge in [-0.2, -0.15) is 4.72 Å². The number of hydrogen-bond donors (Lipinski definition) is 2. The maximum absolute atomic E-state index is 12.1. The van der Waals surface area contributed by atoms with Crippen LogP contribution in [0.15, 0.2) is 26.0 Å². The predicted octanol–water partition coefficient (Wildman–Crippen LogP) is 1.67. The van der Waals surface area contributed by atoms with Gasteiger partial charge < -0.3 is 5.73 Å². The summed E-state index contributed by atoms with van der Waals surface area (Å²) in [4.78, 5) is 10.9. The highest BCUT2D eigenvalue weighted by Gasteiger charge is 2.23. The minimum absolute atomic E-state index is 0.0491. The number of nitrogens with one attached hydrogen (secondary N) is 1. The molecule has 0 fully saturated rings. The van der Waals surface area contributed by atoms with Gasteiger partial charge in [0.2, 0.25) is 15.9 Å². The smallest absolute Gasteiger partial charge is 0.242 e. The Morgan fingerprint density at radius 2 is 1.89 bits per heavy atom. The Bertz CT molecular complexity index is 587. The van der Waals surface area contributed by atoms with Crippen LogP contribution in [0.2, 0.25) is 0 Å². The molecule has 0 aliphatic carbocycles. The number of halogens is 2. The largest absolute Gasteiger partial charge is 0.368 e. The van der Waals surface area contributed by atoms with Crippen molar-refractivity contribution < 1.29 is 13.2 Å². The van der Waals surface area contributed by atoms with E-state index in [4.69, 9.17) is 5.73 Å². The molecule has 0 aromatic heterocycles. The molecule has 0 aliphatic rings. The lowest BCUT2D eigenvalue weighted by atomic mass is 10.2. The summed E-state index contributed by atoms with van der Waals surface area (Å²) in [6.07, 6.45) is 0. The Balaban J connectivity index is 3.21. The Morgan fingerprint density at radius 1 is 1.33 bits per heavy atom. The summed E-state index contributed by atoms with van der Waals surface area (Å²) in [6, 6.07) is 2.17. The van der Waals surface area contributed by atoms with Crippen LogP contribution in [0.25, 0.3) is 0 Å². The average molecular weight is 400 g/mol. The summed E-state index contributed by atoms with van der Waals surface area (Å²) in [5, 5.41) is 0. The van der Waals surface area contributed by atoms with Crippen LogP contribution in [-0.4, -0.2) is 20.4 Å². The second kappa shape index (κ2) is 5.68. The molecule has 1 atom stereocenters. The Labute approximate surface area is 122 Å². The molecule has 1 unspecified atom stereocenters. The zero-order chi connectivity index (χ0) is 14.1. The molecule has 18 heavy (non-hydrogen) atoms. The summed E-state index contributed by atoms with van der Waals surface area (Å²) in [5.74, 6) is -0.735. The number of primary amides is 1. The SMILES string of the molecule is Cc1cc(Br)c(S(=O)(=O)NC(C)C(N)=O)cc1Br. The van der Waals surface area contributed by atoms with Crippen molar-refractivity contribution in [1.82, 2.24) is 4.72 Å². The quantitative estimate of drug-likeness (QED) is 0.806. The van der Waals surface area contributed by atoms with Crippen molar-refractivity contribution in [2.45, 2.75) is 24.8 Å². The van der Waals surface area contributed by atoms with Gasteiger partial charge in [0.15, 0.2) is 0 Å². The van der Waals surface area contributed by atoms with Crippen molar-refractivity contribution in [3.8, 4) is 0 Å². The lowest BCUT2D eigenvalue weighted by molar-refractivity contribution is -0.119. The molecule has 1 aromatic rings. The van der Waals surface area contributed by atoms with Crippen molar-refractivity contribution in [2.75, 3.05) is 0 Å². The van der Waals surface area contributed by atoms with Crippen molar-refractivity contribution in [3.05, 3.63) is 26.6 Å². The molecule has 1 rings (SSSR count). The van der Waals surface area contributed by atoms with E-state index >= 15 is 0 Å². The van der Waals surface area contributed by atoms with Crippen LogP contribution in [0, 0.1) is 6.92 Å². The summed E-state index contributed by atoms with van der Waals surface area (Å²) >= 11 is 6.45. The maximum Gasteiger partial charge on any atom is 0.242 e. The van der Waals surface area contributed by atoms with Crippen LogP contribution in [0.5, 0.6) is 0 Å². The van der Waals surface area contributed by atoms with E-state index in [0.717, 1.165) is 5.56 Å². The fourth-order valence-electron chi connectivity index (χ4n) is 1.19. The second-order valence-electron chi connectivity index (χ2n) is 3.78. The lowest BCUT2D eigenvalue weighted by Gasteiger charge is -2.13.